The number of nitrogens with zero attached hydrogens (tertiary/aromatic N) is 2. The van der Waals surface area contributed by atoms with Crippen molar-refractivity contribution in [3.05, 3.63) is 41.3 Å². The Balaban J connectivity index is -0.000000869. The summed E-state index contributed by atoms with van der Waals surface area (Å²) in [5, 5.41) is 14.3. The maximum atomic E-state index is 9.09. The van der Waals surface area contributed by atoms with Gasteiger partial charge in [-0.15, -0.1) is 0 Å². The molecular formula is C22H35N3O2. The molecule has 0 radical (unpaired) electrons. The van der Waals surface area contributed by atoms with Crippen molar-refractivity contribution in [3.8, 4) is 6.07 Å². The van der Waals surface area contributed by atoms with Crippen LogP contribution in [0.3, 0.4) is 0 Å². The predicted octanol–water partition coefficient (Wildman–Crippen LogP) is 2.30. The van der Waals surface area contributed by atoms with E-state index in [1.54, 1.807) is 6.08 Å². The molecule has 1 N–H and O–H groups in total. The maximum Gasteiger partial charge on any atom is 0.106 e. The molecule has 1 atom stereocenters. The Bertz CT molecular complexity index is 676. The van der Waals surface area contributed by atoms with Gasteiger partial charge in [0.1, 0.15) is 13.6 Å². The number of nitrogens with one attached hydrogen (secondary N) is 1. The minimum atomic E-state index is 0.568. The molecule has 0 bridgehead atoms. The first kappa shape index (κ1) is 29.1. The molecule has 0 fully saturated rings. The lowest BCUT2D eigenvalue weighted by atomic mass is 10.1. The highest BCUT2D eigenvalue weighted by Gasteiger charge is 2.07. The molecule has 0 saturated carbocycles. The van der Waals surface area contributed by atoms with Crippen LogP contribution in [0.15, 0.2) is 30.9 Å². The summed E-state index contributed by atoms with van der Waals surface area (Å²) < 4.78 is 0. The van der Waals surface area contributed by atoms with Crippen LogP contribution in [-0.4, -0.2) is 40.8 Å². The Hall–Kier alpha value is -2.71. The predicted molar refractivity (Wildman–Crippen MR) is 117 cm³/mol. The quantitative estimate of drug-likeness (QED) is 0.828. The lowest BCUT2D eigenvalue weighted by Gasteiger charge is -2.23. The van der Waals surface area contributed by atoms with Crippen LogP contribution in [0.1, 0.15) is 27.7 Å². The Morgan fingerprint density at radius 3 is 2.30 bits per heavy atom. The van der Waals surface area contributed by atoms with Crippen molar-refractivity contribution < 1.29 is 9.59 Å². The zero-order valence-corrected chi connectivity index (χ0v) is 17.7. The van der Waals surface area contributed by atoms with E-state index >= 15 is 0 Å². The van der Waals surface area contributed by atoms with Crippen molar-refractivity contribution in [2.24, 2.45) is 5.92 Å². The van der Waals surface area contributed by atoms with Crippen molar-refractivity contribution in [1.82, 2.24) is 5.32 Å². The average Bonchev–Trinajstić information content (AvgIpc) is 2.72. The lowest BCUT2D eigenvalue weighted by Crippen LogP contribution is -2.32. The summed E-state index contributed by atoms with van der Waals surface area (Å²) in [6, 6.07) is 8.42. The minimum absolute atomic E-state index is 0.568. The van der Waals surface area contributed by atoms with Crippen LogP contribution in [0.2, 0.25) is 0 Å². The van der Waals surface area contributed by atoms with Gasteiger partial charge in [0.2, 0.25) is 0 Å². The van der Waals surface area contributed by atoms with Crippen molar-refractivity contribution >= 4 is 30.9 Å². The topological polar surface area (TPSA) is 73.2 Å². The number of hydrogen-bond donors (Lipinski definition) is 1. The summed E-state index contributed by atoms with van der Waals surface area (Å²) in [5.74, 6) is 0.568. The van der Waals surface area contributed by atoms with Gasteiger partial charge in [0, 0.05) is 24.9 Å². The Kier molecular flexibility index (Phi) is 21.1. The summed E-state index contributed by atoms with van der Waals surface area (Å²) in [4.78, 5) is 18.2. The van der Waals surface area contributed by atoms with E-state index in [0.29, 0.717) is 5.92 Å². The summed E-state index contributed by atoms with van der Waals surface area (Å²) in [5.41, 5.74) is 1.88. The summed E-state index contributed by atoms with van der Waals surface area (Å²) in [7, 11) is 4.07. The molecule has 150 valence electrons. The largest absolute Gasteiger partial charge is 0.374 e. The van der Waals surface area contributed by atoms with Gasteiger partial charge in [-0.05, 0) is 49.0 Å². The van der Waals surface area contributed by atoms with Crippen molar-refractivity contribution in [2.45, 2.75) is 27.7 Å². The third-order valence-electron chi connectivity index (χ3n) is 3.48. The number of hydrogen-bond acceptors (Lipinski definition) is 5. The molecule has 0 amide bonds. The number of benzene rings is 1. The van der Waals surface area contributed by atoms with E-state index < -0.39 is 0 Å². The van der Waals surface area contributed by atoms with Crippen LogP contribution in [-0.2, 0) is 9.59 Å². The fourth-order valence-corrected chi connectivity index (χ4v) is 2.44. The number of carbonyl (C=O) groups excluding carboxylic acids is 2. The molecule has 0 spiro atoms. The van der Waals surface area contributed by atoms with Crippen LogP contribution in [0, 0.1) is 17.2 Å². The van der Waals surface area contributed by atoms with Crippen LogP contribution in [0.4, 0.5) is 5.69 Å². The van der Waals surface area contributed by atoms with Crippen molar-refractivity contribution in [3.63, 3.8) is 0 Å². The van der Waals surface area contributed by atoms with Crippen molar-refractivity contribution in [1.29, 1.82) is 5.26 Å². The Morgan fingerprint density at radius 2 is 1.85 bits per heavy atom. The van der Waals surface area contributed by atoms with Gasteiger partial charge in [-0.1, -0.05) is 45.6 Å². The fraction of sp³-hybridized carbons (Fsp3) is 0.409. The van der Waals surface area contributed by atoms with Crippen LogP contribution in [0.25, 0.3) is 11.6 Å². The molecule has 0 saturated heterocycles. The molecule has 0 aliphatic carbocycles. The first-order valence-electron chi connectivity index (χ1n) is 8.80. The van der Waals surface area contributed by atoms with E-state index in [0.717, 1.165) is 34.8 Å². The van der Waals surface area contributed by atoms with Crippen LogP contribution >= 0.6 is 0 Å². The van der Waals surface area contributed by atoms with E-state index in [4.69, 9.17) is 14.9 Å². The molecule has 0 aliphatic heterocycles. The standard InChI is InChI=1S/C18H25N3.C2H6.2CH2O/c1-6-7-16-10-17(8-9-18(16)15(3)11-19)21(5)13-14(2)12-20-4;3*1-2/h6-10,14,20H,1,12-13H2,2-5H3;1-2H3;2*1H2/b16-7-,18-15+;;;. The highest BCUT2D eigenvalue weighted by Crippen LogP contribution is 2.10. The van der Waals surface area contributed by atoms with Gasteiger partial charge in [0.15, 0.2) is 0 Å². The lowest BCUT2D eigenvalue weighted by molar-refractivity contribution is -0.0987. The van der Waals surface area contributed by atoms with Gasteiger partial charge < -0.3 is 19.8 Å². The van der Waals surface area contributed by atoms with Gasteiger partial charge >= 0.3 is 0 Å². The number of carbonyl (C=O) groups is 2. The van der Waals surface area contributed by atoms with E-state index in [1.165, 1.54) is 0 Å². The SMILES string of the molecule is C=C/C=c1/cc(N(C)CC(C)CNC)cc/c1=C(/C)C#N.C=O.C=O.CC. The maximum absolute atomic E-state index is 9.09. The Labute approximate surface area is 164 Å². The molecule has 5 heteroatoms. The summed E-state index contributed by atoms with van der Waals surface area (Å²) in [6.45, 7) is 17.8. The van der Waals surface area contributed by atoms with Gasteiger partial charge in [-0.25, -0.2) is 0 Å². The molecule has 0 aliphatic rings. The highest BCUT2D eigenvalue weighted by atomic mass is 16.1. The highest BCUT2D eigenvalue weighted by molar-refractivity contribution is 5.60. The van der Waals surface area contributed by atoms with E-state index in [9.17, 15) is 0 Å². The number of rotatable bonds is 6. The smallest absolute Gasteiger partial charge is 0.106 e. The molecule has 27 heavy (non-hydrogen) atoms. The third-order valence-corrected chi connectivity index (χ3v) is 3.48. The molecule has 1 aromatic carbocycles. The minimum Gasteiger partial charge on any atom is -0.374 e. The second-order valence-corrected chi connectivity index (χ2v) is 5.45. The second kappa shape index (κ2) is 19.6. The third kappa shape index (κ3) is 11.5. The van der Waals surface area contributed by atoms with E-state index in [-0.39, 0.29) is 0 Å². The van der Waals surface area contributed by atoms with Crippen LogP contribution in [0.5, 0.6) is 0 Å². The van der Waals surface area contributed by atoms with Gasteiger partial charge in [-0.3, -0.25) is 0 Å². The average molecular weight is 374 g/mol. The van der Waals surface area contributed by atoms with Gasteiger partial charge in [0.05, 0.1) is 6.07 Å². The van der Waals surface area contributed by atoms with E-state index in [2.05, 4.69) is 49.0 Å². The second-order valence-electron chi connectivity index (χ2n) is 5.45. The van der Waals surface area contributed by atoms with E-state index in [1.807, 2.05) is 53.5 Å². The summed E-state index contributed by atoms with van der Waals surface area (Å²) >= 11 is 0. The number of nitriles is 1. The number of anilines is 1. The molecule has 0 heterocycles. The molecule has 5 nitrogen and oxygen atoms in total. The molecular weight excluding hydrogens is 338 g/mol. The zero-order valence-electron chi connectivity index (χ0n) is 17.7. The molecule has 0 aromatic heterocycles. The monoisotopic (exact) mass is 373 g/mol. The first-order chi connectivity index (χ1) is 13.0. The summed E-state index contributed by atoms with van der Waals surface area (Å²) in [6.07, 6.45) is 3.71. The molecule has 1 unspecified atom stereocenters. The number of allylic oxidation sites excluding steroid dienone is 1. The van der Waals surface area contributed by atoms with Crippen LogP contribution < -0.4 is 20.7 Å². The zero-order chi connectivity index (χ0) is 21.8. The normalized spacial score (nSPS) is 11.7. The van der Waals surface area contributed by atoms with Crippen molar-refractivity contribution in [2.75, 3.05) is 32.1 Å². The molecule has 1 aromatic rings. The molecule has 1 rings (SSSR count). The fourth-order valence-electron chi connectivity index (χ4n) is 2.44. The van der Waals surface area contributed by atoms with Gasteiger partial charge in [0.25, 0.3) is 0 Å². The Morgan fingerprint density at radius 1 is 1.30 bits per heavy atom. The first-order valence-corrected chi connectivity index (χ1v) is 8.80. The van der Waals surface area contributed by atoms with Gasteiger partial charge in [-0.2, -0.15) is 5.26 Å².